The van der Waals surface area contributed by atoms with Crippen molar-refractivity contribution in [2.24, 2.45) is 10.8 Å². The summed E-state index contributed by atoms with van der Waals surface area (Å²) in [6, 6.07) is 1.43. The first kappa shape index (κ1) is 28.6. The van der Waals surface area contributed by atoms with Gasteiger partial charge in [0.05, 0.1) is 23.6 Å². The quantitative estimate of drug-likeness (QED) is 0.190. The lowest BCUT2D eigenvalue weighted by atomic mass is 9.98. The molecule has 0 aliphatic heterocycles. The van der Waals surface area contributed by atoms with Gasteiger partial charge in [-0.25, -0.2) is 0 Å². The van der Waals surface area contributed by atoms with E-state index >= 15 is 0 Å². The number of nitrogen functional groups attached to an aromatic ring is 2. The van der Waals surface area contributed by atoms with Crippen molar-refractivity contribution in [2.45, 2.75) is 54.4 Å². The third-order valence-corrected chi connectivity index (χ3v) is 5.78. The van der Waals surface area contributed by atoms with E-state index in [9.17, 15) is 14.2 Å². The minimum atomic E-state index is -3.74. The first-order chi connectivity index (χ1) is 15.1. The highest BCUT2D eigenvalue weighted by Crippen LogP contribution is 2.49. The Bertz CT molecular complexity index is 795. The maximum atomic E-state index is 13.1. The molecule has 0 saturated heterocycles. The lowest BCUT2D eigenvalue weighted by Crippen LogP contribution is -2.25. The summed E-state index contributed by atoms with van der Waals surface area (Å²) in [5, 5.41) is 0. The van der Waals surface area contributed by atoms with E-state index in [0.717, 1.165) is 0 Å². The maximum Gasteiger partial charge on any atom is 0.336 e. The van der Waals surface area contributed by atoms with Crippen molar-refractivity contribution < 1.29 is 37.4 Å². The zero-order valence-electron chi connectivity index (χ0n) is 20.1. The van der Waals surface area contributed by atoms with Gasteiger partial charge in [-0.05, 0) is 54.4 Å². The molecule has 0 aliphatic carbocycles. The number of carbonyl (C=O) groups excluding carboxylic acids is 2. The van der Waals surface area contributed by atoms with E-state index in [4.69, 9.17) is 34.7 Å². The van der Waals surface area contributed by atoms with Crippen LogP contribution >= 0.6 is 7.60 Å². The molecule has 0 atom stereocenters. The summed E-state index contributed by atoms with van der Waals surface area (Å²) in [7, 11) is -3.74. The summed E-state index contributed by atoms with van der Waals surface area (Å²) < 4.78 is 39.1. The van der Waals surface area contributed by atoms with Crippen molar-refractivity contribution in [3.05, 3.63) is 6.07 Å². The van der Waals surface area contributed by atoms with Crippen LogP contribution in [0.25, 0.3) is 0 Å². The van der Waals surface area contributed by atoms with Gasteiger partial charge in [-0.1, -0.05) is 0 Å². The minimum Gasteiger partial charge on any atom is -0.477 e. The topological polar surface area (TPSA) is 175 Å². The van der Waals surface area contributed by atoms with Gasteiger partial charge < -0.3 is 25.7 Å². The molecule has 188 valence electrons. The Morgan fingerprint density at radius 1 is 0.909 bits per heavy atom. The van der Waals surface area contributed by atoms with Crippen molar-refractivity contribution in [3.63, 3.8) is 0 Å². The van der Waals surface area contributed by atoms with Gasteiger partial charge in [0.25, 0.3) is 0 Å². The second kappa shape index (κ2) is 12.2. The largest absolute Gasteiger partial charge is 0.477 e. The number of nitrogens with two attached hydrogens (primary N) is 2. The van der Waals surface area contributed by atoms with E-state index in [1.807, 2.05) is 0 Å². The number of ether oxygens (including phenoxy) is 3. The molecular formula is C20H35N4O8P. The predicted molar refractivity (Wildman–Crippen MR) is 121 cm³/mol. The number of carbonyl (C=O) groups is 2. The van der Waals surface area contributed by atoms with Crippen molar-refractivity contribution in [3.8, 4) is 5.88 Å². The molecule has 1 heterocycles. The van der Waals surface area contributed by atoms with Crippen LogP contribution in [0.2, 0.25) is 0 Å². The Kier molecular flexibility index (Phi) is 10.5. The number of hydrogen-bond acceptors (Lipinski definition) is 12. The molecule has 33 heavy (non-hydrogen) atoms. The van der Waals surface area contributed by atoms with Gasteiger partial charge >= 0.3 is 19.5 Å². The Hall–Kier alpha value is -2.43. The fourth-order valence-electron chi connectivity index (χ4n) is 2.04. The molecule has 0 radical (unpaired) electrons. The molecule has 0 fully saturated rings. The molecular weight excluding hydrogens is 455 g/mol. The number of aromatic nitrogens is 2. The highest BCUT2D eigenvalue weighted by molar-refractivity contribution is 7.53. The summed E-state index contributed by atoms with van der Waals surface area (Å²) >= 11 is 0. The second-order valence-electron chi connectivity index (χ2n) is 9.24. The van der Waals surface area contributed by atoms with Gasteiger partial charge in [-0.15, -0.1) is 0 Å². The van der Waals surface area contributed by atoms with E-state index in [0.29, 0.717) is 12.8 Å². The summed E-state index contributed by atoms with van der Waals surface area (Å²) in [5.41, 5.74) is 9.60. The van der Waals surface area contributed by atoms with Gasteiger partial charge in [-0.2, -0.15) is 9.97 Å². The summed E-state index contributed by atoms with van der Waals surface area (Å²) in [6.45, 7) is 9.17. The molecule has 1 aromatic heterocycles. The van der Waals surface area contributed by atoms with E-state index < -0.39 is 44.0 Å². The minimum absolute atomic E-state index is 0.00842. The average molecular weight is 490 g/mol. The molecule has 1 aromatic rings. The fourth-order valence-corrected chi connectivity index (χ4v) is 3.41. The first-order valence-corrected chi connectivity index (χ1v) is 12.1. The summed E-state index contributed by atoms with van der Waals surface area (Å²) in [5.74, 6) is -0.654. The van der Waals surface area contributed by atoms with Gasteiger partial charge in [0.15, 0.2) is 0 Å². The molecule has 0 spiro atoms. The number of unbranched alkanes of at least 4 members (excludes halogenated alkanes) is 1. The van der Waals surface area contributed by atoms with Crippen LogP contribution in [0.1, 0.15) is 54.4 Å². The van der Waals surface area contributed by atoms with Crippen LogP contribution in [0.5, 0.6) is 5.88 Å². The van der Waals surface area contributed by atoms with E-state index in [2.05, 4.69) is 9.97 Å². The van der Waals surface area contributed by atoms with Crippen molar-refractivity contribution in [1.29, 1.82) is 0 Å². The Morgan fingerprint density at radius 3 is 1.88 bits per heavy atom. The molecule has 4 N–H and O–H groups in total. The van der Waals surface area contributed by atoms with Gasteiger partial charge in [-0.3, -0.25) is 23.2 Å². The first-order valence-electron chi connectivity index (χ1n) is 10.4. The third kappa shape index (κ3) is 11.3. The standard InChI is InChI=1S/C20H35N4O8P/c1-19(2,3)16(25)29-12-31-33(27,32-13-30-17(26)20(4,5)6)10-8-7-9-28-15-11-14(21)23-18(22)24-15/h11H,7-10,12-13H2,1-6H3,(H4,21,22,23,24). The molecule has 0 amide bonds. The molecule has 0 unspecified atom stereocenters. The Balaban J connectivity index is 2.59. The molecule has 0 saturated carbocycles. The van der Waals surface area contributed by atoms with E-state index in [1.165, 1.54) is 6.07 Å². The summed E-state index contributed by atoms with van der Waals surface area (Å²) in [4.78, 5) is 31.4. The number of hydrogen-bond donors (Lipinski definition) is 2. The smallest absolute Gasteiger partial charge is 0.336 e. The van der Waals surface area contributed by atoms with Crippen LogP contribution in [-0.4, -0.2) is 48.3 Å². The molecule has 0 bridgehead atoms. The van der Waals surface area contributed by atoms with Crippen LogP contribution in [0, 0.1) is 10.8 Å². The van der Waals surface area contributed by atoms with Crippen LogP contribution in [0.15, 0.2) is 6.07 Å². The van der Waals surface area contributed by atoms with Gasteiger partial charge in [0.2, 0.25) is 25.4 Å². The SMILES string of the molecule is CC(C)(C)C(=O)OCOP(=O)(CCCCOc1cc(N)nc(N)n1)OCOC(=O)C(C)(C)C. The number of anilines is 2. The van der Waals surface area contributed by atoms with E-state index in [1.54, 1.807) is 41.5 Å². The summed E-state index contributed by atoms with van der Waals surface area (Å²) in [6.07, 6.45) is 0.808. The van der Waals surface area contributed by atoms with Crippen LogP contribution < -0.4 is 16.2 Å². The normalized spacial score (nSPS) is 12.3. The molecule has 0 aromatic carbocycles. The van der Waals surface area contributed by atoms with Gasteiger partial charge in [0, 0.05) is 6.07 Å². The lowest BCUT2D eigenvalue weighted by molar-refractivity contribution is -0.162. The van der Waals surface area contributed by atoms with Gasteiger partial charge in [0.1, 0.15) is 5.82 Å². The molecule has 13 heteroatoms. The fraction of sp³-hybridized carbons (Fsp3) is 0.700. The van der Waals surface area contributed by atoms with E-state index in [-0.39, 0.29) is 30.4 Å². The Morgan fingerprint density at radius 2 is 1.42 bits per heavy atom. The zero-order chi connectivity index (χ0) is 25.3. The molecule has 0 aliphatic rings. The van der Waals surface area contributed by atoms with Crippen molar-refractivity contribution >= 4 is 31.3 Å². The predicted octanol–water partition coefficient (Wildman–Crippen LogP) is 3.12. The number of rotatable bonds is 12. The monoisotopic (exact) mass is 490 g/mol. The van der Waals surface area contributed by atoms with Crippen LogP contribution in [-0.2, 0) is 32.7 Å². The number of esters is 2. The maximum absolute atomic E-state index is 13.1. The second-order valence-corrected chi connectivity index (χ2v) is 11.4. The lowest BCUT2D eigenvalue weighted by Gasteiger charge is -2.22. The zero-order valence-corrected chi connectivity index (χ0v) is 21.0. The van der Waals surface area contributed by atoms with Crippen LogP contribution in [0.4, 0.5) is 11.8 Å². The highest BCUT2D eigenvalue weighted by Gasteiger charge is 2.29. The molecule has 12 nitrogen and oxygen atoms in total. The third-order valence-electron chi connectivity index (χ3n) is 3.92. The Labute approximate surface area is 194 Å². The average Bonchev–Trinajstić information content (AvgIpc) is 2.65. The van der Waals surface area contributed by atoms with Crippen molar-refractivity contribution in [2.75, 3.05) is 37.8 Å². The van der Waals surface area contributed by atoms with Crippen molar-refractivity contribution in [1.82, 2.24) is 9.97 Å². The highest BCUT2D eigenvalue weighted by atomic mass is 31.2. The number of nitrogens with zero attached hydrogens (tertiary/aromatic N) is 2. The molecule has 1 rings (SSSR count). The van der Waals surface area contributed by atoms with Crippen LogP contribution in [0.3, 0.4) is 0 Å².